The molecule has 0 atom stereocenters. The second kappa shape index (κ2) is 5.71. The van der Waals surface area contributed by atoms with Gasteiger partial charge >= 0.3 is 6.36 Å². The second-order valence-electron chi connectivity index (χ2n) is 4.73. The van der Waals surface area contributed by atoms with Gasteiger partial charge in [-0.25, -0.2) is 13.4 Å². The zero-order chi connectivity index (χ0) is 17.4. The summed E-state index contributed by atoms with van der Waals surface area (Å²) in [5.41, 5.74) is 1.33. The first-order valence-electron chi connectivity index (χ1n) is 6.55. The fourth-order valence-electron chi connectivity index (χ4n) is 2.07. The van der Waals surface area contributed by atoms with Gasteiger partial charge in [0.05, 0.1) is 22.4 Å². The highest BCUT2D eigenvalue weighted by molar-refractivity contribution is 7.92. The number of hydrogen-bond donors (Lipinski definition) is 2. The first-order chi connectivity index (χ1) is 11.2. The van der Waals surface area contributed by atoms with Crippen molar-refractivity contribution in [3.8, 4) is 5.75 Å². The first kappa shape index (κ1) is 16.1. The maximum absolute atomic E-state index is 12.4. The maximum Gasteiger partial charge on any atom is 0.573 e. The normalized spacial score (nSPS) is 12.3. The Kier molecular flexibility index (Phi) is 3.84. The van der Waals surface area contributed by atoms with Crippen molar-refractivity contribution in [1.29, 1.82) is 0 Å². The Hall–Kier alpha value is -2.75. The first-order valence-corrected chi connectivity index (χ1v) is 8.04. The van der Waals surface area contributed by atoms with Gasteiger partial charge in [0, 0.05) is 0 Å². The SMILES string of the molecule is O=S(=O)(Nc1cccc2[nH]cnc12)c1ccc(OC(F)(F)F)cc1. The Bertz CT molecular complexity index is 966. The van der Waals surface area contributed by atoms with Crippen molar-refractivity contribution in [3.63, 3.8) is 0 Å². The van der Waals surface area contributed by atoms with Crippen LogP contribution in [0.25, 0.3) is 11.0 Å². The summed E-state index contributed by atoms with van der Waals surface area (Å²) in [5.74, 6) is -0.504. The van der Waals surface area contributed by atoms with E-state index in [1.807, 2.05) is 0 Å². The molecule has 10 heteroatoms. The monoisotopic (exact) mass is 357 g/mol. The van der Waals surface area contributed by atoms with Gasteiger partial charge in [-0.2, -0.15) is 0 Å². The number of aromatic nitrogens is 2. The van der Waals surface area contributed by atoms with Crippen LogP contribution in [0.1, 0.15) is 0 Å². The molecular weight excluding hydrogens is 347 g/mol. The molecule has 0 aliphatic heterocycles. The lowest BCUT2D eigenvalue weighted by molar-refractivity contribution is -0.274. The second-order valence-corrected chi connectivity index (χ2v) is 6.41. The minimum absolute atomic E-state index is 0.204. The molecule has 0 amide bonds. The third kappa shape index (κ3) is 3.43. The van der Waals surface area contributed by atoms with Crippen LogP contribution in [0.2, 0.25) is 0 Å². The number of ether oxygens (including phenoxy) is 1. The van der Waals surface area contributed by atoms with Crippen LogP contribution < -0.4 is 9.46 Å². The number of alkyl halides is 3. The molecule has 0 aliphatic rings. The summed E-state index contributed by atoms with van der Waals surface area (Å²) in [5, 5.41) is 0. The zero-order valence-corrected chi connectivity index (χ0v) is 12.6. The van der Waals surface area contributed by atoms with Crippen molar-refractivity contribution in [2.75, 3.05) is 4.72 Å². The van der Waals surface area contributed by atoms with Crippen molar-refractivity contribution in [2.24, 2.45) is 0 Å². The maximum atomic E-state index is 12.4. The van der Waals surface area contributed by atoms with E-state index < -0.39 is 22.1 Å². The average Bonchev–Trinajstić information content (AvgIpc) is 2.95. The molecule has 3 rings (SSSR count). The summed E-state index contributed by atoms with van der Waals surface area (Å²) >= 11 is 0. The summed E-state index contributed by atoms with van der Waals surface area (Å²) in [6.45, 7) is 0. The Labute approximate surface area is 134 Å². The largest absolute Gasteiger partial charge is 0.573 e. The molecule has 1 heterocycles. The fraction of sp³-hybridized carbons (Fsp3) is 0.0714. The van der Waals surface area contributed by atoms with Crippen LogP contribution in [-0.4, -0.2) is 24.7 Å². The van der Waals surface area contributed by atoms with E-state index in [1.165, 1.54) is 12.4 Å². The number of aromatic amines is 1. The van der Waals surface area contributed by atoms with Crippen LogP contribution in [0, 0.1) is 0 Å². The molecule has 0 radical (unpaired) electrons. The number of nitrogens with zero attached hydrogens (tertiary/aromatic N) is 1. The molecule has 6 nitrogen and oxygen atoms in total. The van der Waals surface area contributed by atoms with E-state index in [4.69, 9.17) is 0 Å². The summed E-state index contributed by atoms with van der Waals surface area (Å²) in [7, 11) is -3.98. The lowest BCUT2D eigenvalue weighted by atomic mass is 10.3. The van der Waals surface area contributed by atoms with E-state index >= 15 is 0 Å². The minimum Gasteiger partial charge on any atom is -0.406 e. The van der Waals surface area contributed by atoms with Crippen molar-refractivity contribution in [3.05, 3.63) is 48.8 Å². The van der Waals surface area contributed by atoms with Crippen molar-refractivity contribution in [1.82, 2.24) is 9.97 Å². The summed E-state index contributed by atoms with van der Waals surface area (Å²) in [4.78, 5) is 6.66. The van der Waals surface area contributed by atoms with E-state index in [0.29, 0.717) is 11.0 Å². The van der Waals surface area contributed by atoms with Gasteiger partial charge < -0.3 is 9.72 Å². The zero-order valence-electron chi connectivity index (χ0n) is 11.8. The highest BCUT2D eigenvalue weighted by atomic mass is 32.2. The van der Waals surface area contributed by atoms with E-state index in [2.05, 4.69) is 19.4 Å². The number of rotatable bonds is 4. The number of fused-ring (bicyclic) bond motifs is 1. The lowest BCUT2D eigenvalue weighted by Crippen LogP contribution is -2.17. The highest BCUT2D eigenvalue weighted by Crippen LogP contribution is 2.26. The molecular formula is C14H10F3N3O3S. The molecule has 126 valence electrons. The Morgan fingerprint density at radius 3 is 2.46 bits per heavy atom. The highest BCUT2D eigenvalue weighted by Gasteiger charge is 2.31. The third-order valence-electron chi connectivity index (χ3n) is 3.06. The summed E-state index contributed by atoms with van der Waals surface area (Å²) < 4.78 is 67.1. The molecule has 0 spiro atoms. The topological polar surface area (TPSA) is 84.1 Å². The molecule has 2 aromatic carbocycles. The van der Waals surface area contributed by atoms with Gasteiger partial charge in [-0.1, -0.05) is 6.07 Å². The van der Waals surface area contributed by atoms with Crippen LogP contribution in [0.15, 0.2) is 53.7 Å². The van der Waals surface area contributed by atoms with Crippen LogP contribution in [0.4, 0.5) is 18.9 Å². The van der Waals surface area contributed by atoms with Crippen molar-refractivity contribution < 1.29 is 26.3 Å². The summed E-state index contributed by atoms with van der Waals surface area (Å²) in [6.07, 6.45) is -3.42. The number of benzene rings is 2. The van der Waals surface area contributed by atoms with Gasteiger partial charge in [0.1, 0.15) is 11.3 Å². The Morgan fingerprint density at radius 2 is 1.79 bits per heavy atom. The van der Waals surface area contributed by atoms with Crippen molar-refractivity contribution >= 4 is 26.7 Å². The van der Waals surface area contributed by atoms with Crippen LogP contribution in [0.5, 0.6) is 5.75 Å². The molecule has 0 fully saturated rings. The minimum atomic E-state index is -4.84. The van der Waals surface area contributed by atoms with Crippen LogP contribution in [0.3, 0.4) is 0 Å². The van der Waals surface area contributed by atoms with Gasteiger partial charge in [-0.15, -0.1) is 13.2 Å². The number of hydrogen-bond acceptors (Lipinski definition) is 4. The predicted octanol–water partition coefficient (Wildman–Crippen LogP) is 3.26. The van der Waals surface area contributed by atoms with Gasteiger partial charge in [-0.05, 0) is 36.4 Å². The van der Waals surface area contributed by atoms with Gasteiger partial charge in [0.2, 0.25) is 0 Å². The van der Waals surface area contributed by atoms with Gasteiger partial charge in [-0.3, -0.25) is 4.72 Å². The van der Waals surface area contributed by atoms with Gasteiger partial charge in [0.15, 0.2) is 0 Å². The summed E-state index contributed by atoms with van der Waals surface area (Å²) in [6, 6.07) is 8.79. The molecule has 0 saturated carbocycles. The molecule has 0 unspecified atom stereocenters. The molecule has 0 aliphatic carbocycles. The number of halogens is 3. The number of sulfonamides is 1. The van der Waals surface area contributed by atoms with E-state index in [-0.39, 0.29) is 10.6 Å². The van der Waals surface area contributed by atoms with Crippen LogP contribution >= 0.6 is 0 Å². The lowest BCUT2D eigenvalue weighted by Gasteiger charge is -2.11. The molecule has 0 bridgehead atoms. The molecule has 0 saturated heterocycles. The standard InChI is InChI=1S/C14H10F3N3O3S/c15-14(16,17)23-9-4-6-10(7-5-9)24(21,22)20-12-3-1-2-11-13(12)19-8-18-11/h1-8,20H,(H,18,19). The van der Waals surface area contributed by atoms with Gasteiger partial charge in [0.25, 0.3) is 10.0 Å². The molecule has 2 N–H and O–H groups in total. The number of H-pyrrole nitrogens is 1. The predicted molar refractivity (Wildman–Crippen MR) is 80.0 cm³/mol. The van der Waals surface area contributed by atoms with E-state index in [0.717, 1.165) is 24.3 Å². The Morgan fingerprint density at radius 1 is 1.08 bits per heavy atom. The number of anilines is 1. The quantitative estimate of drug-likeness (QED) is 0.751. The molecule has 3 aromatic rings. The number of nitrogens with one attached hydrogen (secondary N) is 2. The van der Waals surface area contributed by atoms with E-state index in [1.54, 1.807) is 12.1 Å². The van der Waals surface area contributed by atoms with Crippen LogP contribution in [-0.2, 0) is 10.0 Å². The fourth-order valence-corrected chi connectivity index (χ4v) is 3.14. The third-order valence-corrected chi connectivity index (χ3v) is 4.44. The smallest absolute Gasteiger partial charge is 0.406 e. The van der Waals surface area contributed by atoms with E-state index in [9.17, 15) is 21.6 Å². The average molecular weight is 357 g/mol. The molecule has 1 aromatic heterocycles. The number of para-hydroxylation sites is 1. The Balaban J connectivity index is 1.87. The number of imidazole rings is 1. The molecule has 24 heavy (non-hydrogen) atoms. The van der Waals surface area contributed by atoms with Crippen molar-refractivity contribution in [2.45, 2.75) is 11.3 Å².